The number of carbonyl (C=O) groups excluding carboxylic acids is 2. The summed E-state index contributed by atoms with van der Waals surface area (Å²) in [4.78, 5) is 25.4. The highest BCUT2D eigenvalue weighted by Gasteiger charge is 2.38. The van der Waals surface area contributed by atoms with E-state index in [1.165, 1.54) is 5.56 Å². The monoisotopic (exact) mass is 361 g/mol. The molecule has 0 radical (unpaired) electrons. The van der Waals surface area contributed by atoms with Gasteiger partial charge in [-0.15, -0.1) is 0 Å². The summed E-state index contributed by atoms with van der Waals surface area (Å²) >= 11 is 0. The molecule has 2 atom stereocenters. The molecule has 0 spiro atoms. The molecule has 2 aliphatic rings. The summed E-state index contributed by atoms with van der Waals surface area (Å²) in [6.45, 7) is 2.03. The zero-order valence-corrected chi connectivity index (χ0v) is 15.6. The Balaban J connectivity index is 1.67. The summed E-state index contributed by atoms with van der Waals surface area (Å²) in [7, 11) is 1.64. The molecule has 0 saturated carbocycles. The Kier molecular flexibility index (Phi) is 4.56. The van der Waals surface area contributed by atoms with E-state index in [2.05, 4.69) is 5.32 Å². The lowest BCUT2D eigenvalue weighted by Crippen LogP contribution is -2.38. The van der Waals surface area contributed by atoms with Crippen LogP contribution in [-0.2, 0) is 9.59 Å². The molecule has 27 heavy (non-hydrogen) atoms. The number of nitrogens with one attached hydrogen (secondary N) is 1. The summed E-state index contributed by atoms with van der Waals surface area (Å²) in [6, 6.07) is 16.0. The number of amides is 1. The number of aryl methyl sites for hydroxylation is 1. The number of ether oxygens (including phenoxy) is 1. The largest absolute Gasteiger partial charge is 0.497 e. The third kappa shape index (κ3) is 3.39. The number of hydrogen-bond donors (Lipinski definition) is 1. The molecule has 1 aliphatic carbocycles. The van der Waals surface area contributed by atoms with Crippen molar-refractivity contribution < 1.29 is 14.3 Å². The van der Waals surface area contributed by atoms with E-state index in [0.29, 0.717) is 19.3 Å². The summed E-state index contributed by atoms with van der Waals surface area (Å²) in [5.41, 5.74) is 4.90. The van der Waals surface area contributed by atoms with Crippen molar-refractivity contribution in [3.8, 4) is 5.75 Å². The first-order chi connectivity index (χ1) is 13.0. The minimum Gasteiger partial charge on any atom is -0.497 e. The van der Waals surface area contributed by atoms with E-state index in [1.807, 2.05) is 55.5 Å². The van der Waals surface area contributed by atoms with Crippen molar-refractivity contribution >= 4 is 11.7 Å². The number of allylic oxidation sites excluding steroid dienone is 2. The minimum absolute atomic E-state index is 0.0116. The topological polar surface area (TPSA) is 55.4 Å². The summed E-state index contributed by atoms with van der Waals surface area (Å²) in [6.07, 6.45) is 1.49. The quantitative estimate of drug-likeness (QED) is 0.899. The van der Waals surface area contributed by atoms with Gasteiger partial charge in [0, 0.05) is 30.0 Å². The van der Waals surface area contributed by atoms with Gasteiger partial charge in [0.15, 0.2) is 5.78 Å². The van der Waals surface area contributed by atoms with Gasteiger partial charge in [0.2, 0.25) is 5.91 Å². The van der Waals surface area contributed by atoms with E-state index in [-0.39, 0.29) is 23.5 Å². The molecular formula is C23H23NO3. The number of hydrogen-bond acceptors (Lipinski definition) is 3. The number of carbonyl (C=O) groups is 2. The third-order valence-electron chi connectivity index (χ3n) is 5.60. The molecule has 4 heteroatoms. The molecule has 0 saturated heterocycles. The third-order valence-corrected chi connectivity index (χ3v) is 5.60. The van der Waals surface area contributed by atoms with Gasteiger partial charge >= 0.3 is 0 Å². The molecule has 1 aliphatic heterocycles. The van der Waals surface area contributed by atoms with Crippen molar-refractivity contribution in [3.05, 3.63) is 76.5 Å². The van der Waals surface area contributed by atoms with E-state index >= 15 is 0 Å². The van der Waals surface area contributed by atoms with Gasteiger partial charge in [-0.2, -0.15) is 0 Å². The van der Waals surface area contributed by atoms with Crippen LogP contribution in [0.3, 0.4) is 0 Å². The number of Topliss-reactive ketones (excluding diaryl/α,β-unsaturated/α-hetero) is 1. The Bertz CT molecular complexity index is 910. The van der Waals surface area contributed by atoms with E-state index in [9.17, 15) is 9.59 Å². The first-order valence-corrected chi connectivity index (χ1v) is 9.31. The molecule has 1 amide bonds. The van der Waals surface area contributed by atoms with E-state index in [0.717, 1.165) is 28.1 Å². The maximum absolute atomic E-state index is 13.1. The average Bonchev–Trinajstić information content (AvgIpc) is 2.67. The number of benzene rings is 2. The van der Waals surface area contributed by atoms with E-state index < -0.39 is 0 Å². The van der Waals surface area contributed by atoms with Crippen molar-refractivity contribution in [2.45, 2.75) is 38.0 Å². The highest BCUT2D eigenvalue weighted by atomic mass is 16.5. The van der Waals surface area contributed by atoms with Gasteiger partial charge in [-0.3, -0.25) is 9.59 Å². The molecule has 1 N–H and O–H groups in total. The van der Waals surface area contributed by atoms with E-state index in [4.69, 9.17) is 4.74 Å². The number of methoxy groups -OCH3 is 1. The van der Waals surface area contributed by atoms with Gasteiger partial charge < -0.3 is 10.1 Å². The maximum atomic E-state index is 13.1. The SMILES string of the molecule is COc1ccc(C2CC(=O)C3=C(C2)NC(=O)CC3c2ccc(C)cc2)cc1. The van der Waals surface area contributed by atoms with Crippen LogP contribution >= 0.6 is 0 Å². The fourth-order valence-corrected chi connectivity index (χ4v) is 4.16. The highest BCUT2D eigenvalue weighted by Crippen LogP contribution is 2.42. The fraction of sp³-hybridized carbons (Fsp3) is 0.304. The normalized spacial score (nSPS) is 22.3. The predicted molar refractivity (Wildman–Crippen MR) is 104 cm³/mol. The van der Waals surface area contributed by atoms with Crippen molar-refractivity contribution in [1.82, 2.24) is 5.32 Å². The first kappa shape index (κ1) is 17.5. The Morgan fingerprint density at radius 1 is 0.889 bits per heavy atom. The molecule has 0 fully saturated rings. The number of ketones is 1. The Morgan fingerprint density at radius 2 is 1.56 bits per heavy atom. The zero-order chi connectivity index (χ0) is 19.0. The molecule has 4 nitrogen and oxygen atoms in total. The summed E-state index contributed by atoms with van der Waals surface area (Å²) < 4.78 is 5.22. The van der Waals surface area contributed by atoms with Crippen LogP contribution < -0.4 is 10.1 Å². The van der Waals surface area contributed by atoms with Crippen molar-refractivity contribution in [1.29, 1.82) is 0 Å². The Hall–Kier alpha value is -2.88. The molecule has 2 unspecified atom stereocenters. The lowest BCUT2D eigenvalue weighted by molar-refractivity contribution is -0.122. The first-order valence-electron chi connectivity index (χ1n) is 9.31. The Morgan fingerprint density at radius 3 is 2.22 bits per heavy atom. The van der Waals surface area contributed by atoms with Gasteiger partial charge in [-0.1, -0.05) is 42.0 Å². The molecular weight excluding hydrogens is 338 g/mol. The Labute approximate surface area is 159 Å². The molecule has 1 heterocycles. The fourth-order valence-electron chi connectivity index (χ4n) is 4.16. The van der Waals surface area contributed by atoms with E-state index in [1.54, 1.807) is 7.11 Å². The summed E-state index contributed by atoms with van der Waals surface area (Å²) in [5.74, 6) is 0.870. The summed E-state index contributed by atoms with van der Waals surface area (Å²) in [5, 5.41) is 2.98. The molecule has 2 aromatic carbocycles. The van der Waals surface area contributed by atoms with Crippen LogP contribution in [0.5, 0.6) is 5.75 Å². The van der Waals surface area contributed by atoms with Crippen LogP contribution in [0.25, 0.3) is 0 Å². The molecule has 4 rings (SSSR count). The van der Waals surface area contributed by atoms with Crippen LogP contribution in [0.15, 0.2) is 59.8 Å². The van der Waals surface area contributed by atoms with Gasteiger partial charge in [-0.05, 0) is 42.5 Å². The molecule has 0 aromatic heterocycles. The smallest absolute Gasteiger partial charge is 0.225 e. The highest BCUT2D eigenvalue weighted by molar-refractivity contribution is 6.02. The van der Waals surface area contributed by atoms with Gasteiger partial charge in [-0.25, -0.2) is 0 Å². The second-order valence-corrected chi connectivity index (χ2v) is 7.41. The standard InChI is InChI=1S/C23H23NO3/c1-14-3-5-16(6-4-14)19-13-22(26)24-20-11-17(12-21(25)23(19)20)15-7-9-18(27-2)10-8-15/h3-10,17,19H,11-13H2,1-2H3,(H,24,26). The van der Waals surface area contributed by atoms with Crippen LogP contribution in [0.1, 0.15) is 47.8 Å². The van der Waals surface area contributed by atoms with Gasteiger partial charge in [0.1, 0.15) is 5.75 Å². The lowest BCUT2D eigenvalue weighted by atomic mass is 9.73. The van der Waals surface area contributed by atoms with Gasteiger partial charge in [0.05, 0.1) is 7.11 Å². The second kappa shape index (κ2) is 7.03. The van der Waals surface area contributed by atoms with Crippen LogP contribution in [0.2, 0.25) is 0 Å². The van der Waals surface area contributed by atoms with Crippen molar-refractivity contribution in [2.75, 3.05) is 7.11 Å². The zero-order valence-electron chi connectivity index (χ0n) is 15.6. The van der Waals surface area contributed by atoms with Crippen molar-refractivity contribution in [2.24, 2.45) is 0 Å². The van der Waals surface area contributed by atoms with Gasteiger partial charge in [0.25, 0.3) is 0 Å². The molecule has 138 valence electrons. The average molecular weight is 361 g/mol. The van der Waals surface area contributed by atoms with Crippen LogP contribution in [0, 0.1) is 6.92 Å². The maximum Gasteiger partial charge on any atom is 0.225 e. The minimum atomic E-state index is -0.140. The van der Waals surface area contributed by atoms with Crippen LogP contribution in [-0.4, -0.2) is 18.8 Å². The van der Waals surface area contributed by atoms with Crippen molar-refractivity contribution in [3.63, 3.8) is 0 Å². The molecule has 0 bridgehead atoms. The van der Waals surface area contributed by atoms with Crippen LogP contribution in [0.4, 0.5) is 0 Å². The second-order valence-electron chi connectivity index (χ2n) is 7.41. The lowest BCUT2D eigenvalue weighted by Gasteiger charge is -2.34. The predicted octanol–water partition coefficient (Wildman–Crippen LogP) is 4.01. The number of rotatable bonds is 3. The molecule has 2 aromatic rings.